The second-order valence-electron chi connectivity index (χ2n) is 6.82. The molecule has 4 rings (SSSR count). The Morgan fingerprint density at radius 3 is 3.17 bits per heavy atom. The zero-order valence-corrected chi connectivity index (χ0v) is 14.5. The molecule has 4 heterocycles. The van der Waals surface area contributed by atoms with E-state index in [9.17, 15) is 4.79 Å². The van der Waals surface area contributed by atoms with Crippen molar-refractivity contribution in [3.8, 4) is 0 Å². The number of thiophene rings is 1. The minimum absolute atomic E-state index is 0.00197. The van der Waals surface area contributed by atoms with Crippen molar-refractivity contribution in [2.24, 2.45) is 11.3 Å². The van der Waals surface area contributed by atoms with Gasteiger partial charge < -0.3 is 14.6 Å². The minimum Gasteiger partial charge on any atom is -0.380 e. The zero-order valence-electron chi connectivity index (χ0n) is 13.7. The molecule has 2 aromatic rings. The molecule has 24 heavy (non-hydrogen) atoms. The second-order valence-corrected chi connectivity index (χ2v) is 8.19. The predicted octanol–water partition coefficient (Wildman–Crippen LogP) is 1.92. The number of ether oxygens (including phenoxy) is 1. The molecule has 1 amide bonds. The fourth-order valence-electron chi connectivity index (χ4n) is 3.78. The Kier molecular flexibility index (Phi) is 4.15. The number of likely N-dealkylation sites (tertiary alicyclic amines) is 1. The fourth-order valence-corrected chi connectivity index (χ4v) is 4.71. The van der Waals surface area contributed by atoms with E-state index in [1.807, 2.05) is 11.3 Å². The highest BCUT2D eigenvalue weighted by atomic mass is 32.1. The van der Waals surface area contributed by atoms with Crippen molar-refractivity contribution in [1.82, 2.24) is 15.4 Å². The standard InChI is InChI=1S/C17H21N3O3S/c1-12-2-3-14(24-12)7-20-6-13-8-22-11-17(13,10-20)9-18-16(21)15-4-5-19-23-15/h2-5,13H,6-11H2,1H3,(H,18,21)/t13-,17+/m0/s1. The van der Waals surface area contributed by atoms with Gasteiger partial charge in [-0.1, -0.05) is 5.16 Å². The van der Waals surface area contributed by atoms with Crippen molar-refractivity contribution < 1.29 is 14.1 Å². The summed E-state index contributed by atoms with van der Waals surface area (Å²) in [7, 11) is 0. The summed E-state index contributed by atoms with van der Waals surface area (Å²) < 4.78 is 10.6. The van der Waals surface area contributed by atoms with Crippen LogP contribution >= 0.6 is 11.3 Å². The van der Waals surface area contributed by atoms with E-state index in [1.165, 1.54) is 16.0 Å². The molecule has 0 bridgehead atoms. The lowest BCUT2D eigenvalue weighted by Crippen LogP contribution is -2.43. The van der Waals surface area contributed by atoms with Gasteiger partial charge in [0.1, 0.15) is 0 Å². The van der Waals surface area contributed by atoms with E-state index < -0.39 is 0 Å². The van der Waals surface area contributed by atoms with Crippen LogP contribution in [0.5, 0.6) is 0 Å². The summed E-state index contributed by atoms with van der Waals surface area (Å²) in [6.07, 6.45) is 1.48. The molecule has 2 saturated heterocycles. The largest absolute Gasteiger partial charge is 0.380 e. The predicted molar refractivity (Wildman–Crippen MR) is 89.9 cm³/mol. The van der Waals surface area contributed by atoms with Gasteiger partial charge in [-0.2, -0.15) is 0 Å². The second kappa shape index (κ2) is 6.31. The number of rotatable bonds is 5. The molecular formula is C17H21N3O3S. The molecule has 128 valence electrons. The molecule has 2 atom stereocenters. The first-order valence-corrected chi connectivity index (χ1v) is 9.01. The van der Waals surface area contributed by atoms with Gasteiger partial charge in [-0.15, -0.1) is 11.3 Å². The van der Waals surface area contributed by atoms with Crippen LogP contribution in [-0.4, -0.2) is 48.8 Å². The lowest BCUT2D eigenvalue weighted by atomic mass is 9.81. The molecule has 2 aliphatic rings. The Morgan fingerprint density at radius 2 is 2.42 bits per heavy atom. The van der Waals surface area contributed by atoms with E-state index in [-0.39, 0.29) is 17.1 Å². The number of aromatic nitrogens is 1. The molecular weight excluding hydrogens is 326 g/mol. The molecule has 0 aromatic carbocycles. The third-order valence-electron chi connectivity index (χ3n) is 5.03. The quantitative estimate of drug-likeness (QED) is 0.895. The number of amides is 1. The van der Waals surface area contributed by atoms with E-state index >= 15 is 0 Å². The van der Waals surface area contributed by atoms with E-state index in [4.69, 9.17) is 9.26 Å². The van der Waals surface area contributed by atoms with Crippen molar-refractivity contribution in [3.63, 3.8) is 0 Å². The fraction of sp³-hybridized carbons (Fsp3) is 0.529. The number of hydrogen-bond acceptors (Lipinski definition) is 6. The van der Waals surface area contributed by atoms with Gasteiger partial charge in [-0.25, -0.2) is 0 Å². The minimum atomic E-state index is -0.208. The van der Waals surface area contributed by atoms with Gasteiger partial charge in [0.05, 0.1) is 19.4 Å². The van der Waals surface area contributed by atoms with Crippen LogP contribution < -0.4 is 5.32 Å². The Balaban J connectivity index is 1.40. The molecule has 0 aliphatic carbocycles. The van der Waals surface area contributed by atoms with Crippen LogP contribution in [0, 0.1) is 18.3 Å². The summed E-state index contributed by atoms with van der Waals surface area (Å²) >= 11 is 1.86. The van der Waals surface area contributed by atoms with E-state index in [0.717, 1.165) is 26.2 Å². The van der Waals surface area contributed by atoms with Crippen molar-refractivity contribution in [2.45, 2.75) is 13.5 Å². The van der Waals surface area contributed by atoms with E-state index in [1.54, 1.807) is 6.07 Å². The first kappa shape index (κ1) is 15.8. The number of aryl methyl sites for hydroxylation is 1. The van der Waals surface area contributed by atoms with Gasteiger partial charge in [0, 0.05) is 53.3 Å². The van der Waals surface area contributed by atoms with Crippen LogP contribution in [0.2, 0.25) is 0 Å². The Morgan fingerprint density at radius 1 is 1.50 bits per heavy atom. The molecule has 6 nitrogen and oxygen atoms in total. The Bertz CT molecular complexity index is 714. The number of hydrogen-bond donors (Lipinski definition) is 1. The Hall–Kier alpha value is -1.70. The maximum atomic E-state index is 12.1. The van der Waals surface area contributed by atoms with Crippen LogP contribution in [-0.2, 0) is 11.3 Å². The number of carbonyl (C=O) groups is 1. The molecule has 0 unspecified atom stereocenters. The zero-order chi connectivity index (χ0) is 16.6. The molecule has 7 heteroatoms. The summed E-state index contributed by atoms with van der Waals surface area (Å²) in [5, 5.41) is 6.58. The highest BCUT2D eigenvalue weighted by Crippen LogP contribution is 2.41. The number of nitrogens with zero attached hydrogens (tertiary/aromatic N) is 2. The van der Waals surface area contributed by atoms with Gasteiger partial charge in [0.25, 0.3) is 5.91 Å². The van der Waals surface area contributed by atoms with E-state index in [2.05, 4.69) is 34.4 Å². The maximum Gasteiger partial charge on any atom is 0.289 e. The molecule has 0 spiro atoms. The molecule has 2 aromatic heterocycles. The van der Waals surface area contributed by atoms with Gasteiger partial charge in [-0.3, -0.25) is 9.69 Å². The monoisotopic (exact) mass is 347 g/mol. The average molecular weight is 347 g/mol. The summed E-state index contributed by atoms with van der Waals surface area (Å²) in [5.41, 5.74) is 0.00197. The SMILES string of the molecule is Cc1ccc(CN2C[C@H]3COC[C@@]3(CNC(=O)c3ccno3)C2)s1. The maximum absolute atomic E-state index is 12.1. The van der Waals surface area contributed by atoms with E-state index in [0.29, 0.717) is 19.1 Å². The summed E-state index contributed by atoms with van der Waals surface area (Å²) in [4.78, 5) is 17.4. The Labute approximate surface area is 144 Å². The number of carbonyl (C=O) groups excluding carboxylic acids is 1. The topological polar surface area (TPSA) is 67.6 Å². The van der Waals surface area contributed by atoms with Crippen LogP contribution in [0.15, 0.2) is 28.9 Å². The van der Waals surface area contributed by atoms with Gasteiger partial charge >= 0.3 is 0 Å². The number of nitrogens with one attached hydrogen (secondary N) is 1. The summed E-state index contributed by atoms with van der Waals surface area (Å²) in [5.74, 6) is 0.513. The summed E-state index contributed by atoms with van der Waals surface area (Å²) in [6.45, 7) is 7.18. The van der Waals surface area contributed by atoms with Crippen molar-refractivity contribution in [2.75, 3.05) is 32.8 Å². The van der Waals surface area contributed by atoms with Crippen LogP contribution in [0.25, 0.3) is 0 Å². The van der Waals surface area contributed by atoms with Crippen LogP contribution in [0.4, 0.5) is 0 Å². The van der Waals surface area contributed by atoms with Gasteiger partial charge in [0.15, 0.2) is 0 Å². The van der Waals surface area contributed by atoms with Crippen molar-refractivity contribution in [1.29, 1.82) is 0 Å². The molecule has 2 aliphatic heterocycles. The first-order chi connectivity index (χ1) is 11.6. The normalized spacial score (nSPS) is 26.6. The molecule has 1 N–H and O–H groups in total. The lowest BCUT2D eigenvalue weighted by Gasteiger charge is -2.27. The third kappa shape index (κ3) is 2.99. The molecule has 0 saturated carbocycles. The molecule has 2 fully saturated rings. The smallest absolute Gasteiger partial charge is 0.289 e. The third-order valence-corrected chi connectivity index (χ3v) is 6.02. The highest BCUT2D eigenvalue weighted by Gasteiger charge is 2.50. The average Bonchev–Trinajstić information content (AvgIpc) is 3.29. The van der Waals surface area contributed by atoms with Crippen molar-refractivity contribution >= 4 is 17.2 Å². The van der Waals surface area contributed by atoms with Gasteiger partial charge in [0.2, 0.25) is 5.76 Å². The van der Waals surface area contributed by atoms with Gasteiger partial charge in [-0.05, 0) is 19.1 Å². The molecule has 0 radical (unpaired) electrons. The summed E-state index contributed by atoms with van der Waals surface area (Å²) in [6, 6.07) is 5.96. The van der Waals surface area contributed by atoms with Crippen LogP contribution in [0.3, 0.4) is 0 Å². The lowest BCUT2D eigenvalue weighted by molar-refractivity contribution is 0.0869. The first-order valence-electron chi connectivity index (χ1n) is 8.19. The number of fused-ring (bicyclic) bond motifs is 1. The van der Waals surface area contributed by atoms with Crippen molar-refractivity contribution in [3.05, 3.63) is 39.9 Å². The van der Waals surface area contributed by atoms with Crippen LogP contribution in [0.1, 0.15) is 20.3 Å². The highest BCUT2D eigenvalue weighted by molar-refractivity contribution is 7.11.